The summed E-state index contributed by atoms with van der Waals surface area (Å²) in [4.78, 5) is 0. The van der Waals surface area contributed by atoms with E-state index in [0.717, 1.165) is 5.92 Å². The van der Waals surface area contributed by atoms with Gasteiger partial charge in [-0.25, -0.2) is 0 Å². The third-order valence-electron chi connectivity index (χ3n) is 5.23. The van der Waals surface area contributed by atoms with Gasteiger partial charge in [0.1, 0.15) is 0 Å². The zero-order valence-electron chi connectivity index (χ0n) is 13.5. The van der Waals surface area contributed by atoms with Gasteiger partial charge < -0.3 is 5.73 Å². The largest absolute Gasteiger partial charge is 0.324 e. The molecule has 0 radical (unpaired) electrons. The first-order chi connectivity index (χ1) is 9.98. The van der Waals surface area contributed by atoms with E-state index in [2.05, 4.69) is 63.3 Å². The fourth-order valence-electron chi connectivity index (χ4n) is 3.75. The molecule has 1 saturated carbocycles. The zero-order valence-corrected chi connectivity index (χ0v) is 13.5. The van der Waals surface area contributed by atoms with Crippen molar-refractivity contribution in [2.45, 2.75) is 51.5 Å². The van der Waals surface area contributed by atoms with Crippen LogP contribution in [0.5, 0.6) is 0 Å². The van der Waals surface area contributed by atoms with Crippen molar-refractivity contribution in [2.24, 2.45) is 17.6 Å². The van der Waals surface area contributed by atoms with Crippen molar-refractivity contribution in [3.05, 3.63) is 59.2 Å². The Morgan fingerprint density at radius 1 is 1.19 bits per heavy atom. The maximum Gasteiger partial charge on any atom is 0.0301 e. The van der Waals surface area contributed by atoms with Gasteiger partial charge in [-0.1, -0.05) is 61.9 Å². The van der Waals surface area contributed by atoms with E-state index >= 15 is 0 Å². The second-order valence-electron chi connectivity index (χ2n) is 7.39. The van der Waals surface area contributed by atoms with Gasteiger partial charge in [-0.2, -0.15) is 0 Å². The molecule has 2 aliphatic rings. The molecule has 1 aromatic rings. The van der Waals surface area contributed by atoms with E-state index in [1.165, 1.54) is 36.0 Å². The number of aryl methyl sites for hydroxylation is 1. The van der Waals surface area contributed by atoms with Crippen molar-refractivity contribution in [1.29, 1.82) is 0 Å². The minimum absolute atomic E-state index is 0.0584. The number of allylic oxidation sites excluding steroid dienone is 2. The molecule has 0 aromatic heterocycles. The summed E-state index contributed by atoms with van der Waals surface area (Å²) < 4.78 is 0. The van der Waals surface area contributed by atoms with Crippen molar-refractivity contribution >= 4 is 0 Å². The molecule has 0 spiro atoms. The van der Waals surface area contributed by atoms with E-state index in [4.69, 9.17) is 5.73 Å². The molecule has 2 atom stereocenters. The van der Waals surface area contributed by atoms with Crippen molar-refractivity contribution in [1.82, 2.24) is 0 Å². The Labute approximate surface area is 128 Å². The molecular weight excluding hydrogens is 254 g/mol. The van der Waals surface area contributed by atoms with Crippen LogP contribution in [-0.4, -0.2) is 6.04 Å². The lowest BCUT2D eigenvalue weighted by Gasteiger charge is -2.38. The van der Waals surface area contributed by atoms with Gasteiger partial charge in [0, 0.05) is 12.0 Å². The maximum absolute atomic E-state index is 6.51. The van der Waals surface area contributed by atoms with E-state index < -0.39 is 0 Å². The van der Waals surface area contributed by atoms with Gasteiger partial charge in [-0.15, -0.1) is 0 Å². The fraction of sp³-hybridized carbons (Fsp3) is 0.500. The van der Waals surface area contributed by atoms with Crippen LogP contribution in [-0.2, 0) is 5.41 Å². The first-order valence-electron chi connectivity index (χ1n) is 8.19. The quantitative estimate of drug-likeness (QED) is 0.863. The Hall–Kier alpha value is -1.34. The molecule has 0 aliphatic heterocycles. The van der Waals surface area contributed by atoms with Crippen molar-refractivity contribution < 1.29 is 0 Å². The van der Waals surface area contributed by atoms with Gasteiger partial charge in [-0.3, -0.25) is 0 Å². The Morgan fingerprint density at radius 3 is 2.52 bits per heavy atom. The van der Waals surface area contributed by atoms with Crippen molar-refractivity contribution in [3.8, 4) is 0 Å². The van der Waals surface area contributed by atoms with Crippen molar-refractivity contribution in [2.75, 3.05) is 0 Å². The van der Waals surface area contributed by atoms with Gasteiger partial charge in [0.25, 0.3) is 0 Å². The van der Waals surface area contributed by atoms with Crippen LogP contribution in [0.15, 0.2) is 48.1 Å². The van der Waals surface area contributed by atoms with Gasteiger partial charge in [-0.05, 0) is 48.6 Å². The Kier molecular flexibility index (Phi) is 3.79. The fourth-order valence-corrected chi connectivity index (χ4v) is 3.75. The third kappa shape index (κ3) is 2.98. The molecule has 1 fully saturated rings. The van der Waals surface area contributed by atoms with E-state index in [9.17, 15) is 0 Å². The molecule has 0 saturated heterocycles. The molecule has 21 heavy (non-hydrogen) atoms. The maximum atomic E-state index is 6.51. The summed E-state index contributed by atoms with van der Waals surface area (Å²) >= 11 is 0. The molecule has 1 heteroatoms. The molecule has 0 bridgehead atoms. The lowest BCUT2D eigenvalue weighted by Crippen LogP contribution is -2.41. The highest BCUT2D eigenvalue weighted by atomic mass is 14.7. The van der Waals surface area contributed by atoms with Crippen LogP contribution in [0.2, 0.25) is 0 Å². The van der Waals surface area contributed by atoms with Gasteiger partial charge in [0.2, 0.25) is 0 Å². The Balaban J connectivity index is 1.82. The summed E-state index contributed by atoms with van der Waals surface area (Å²) in [7, 11) is 0. The van der Waals surface area contributed by atoms with Crippen LogP contribution in [0.1, 0.15) is 44.2 Å². The summed E-state index contributed by atoms with van der Waals surface area (Å²) in [6.07, 6.45) is 11.0. The number of hydrogen-bond donors (Lipinski definition) is 1. The van der Waals surface area contributed by atoms with Gasteiger partial charge in [0.05, 0.1) is 0 Å². The Morgan fingerprint density at radius 2 is 1.90 bits per heavy atom. The molecule has 1 nitrogen and oxygen atoms in total. The van der Waals surface area contributed by atoms with Crippen LogP contribution in [0, 0.1) is 18.8 Å². The highest BCUT2D eigenvalue weighted by Crippen LogP contribution is 2.41. The highest BCUT2D eigenvalue weighted by Gasteiger charge is 2.35. The molecule has 3 rings (SSSR count). The van der Waals surface area contributed by atoms with E-state index in [1.807, 2.05) is 0 Å². The molecule has 112 valence electrons. The summed E-state index contributed by atoms with van der Waals surface area (Å²) in [6.45, 7) is 6.84. The van der Waals surface area contributed by atoms with E-state index in [-0.39, 0.29) is 11.5 Å². The standard InChI is InChI=1S/C20H27N/c1-14-6-4-5-7-17(14)20(2,3)18-11-10-16(13-19(18)21)12-15-8-9-15/h4-7,10-11,13,15,18-19H,8-9,12,21H2,1-3H3. The summed E-state index contributed by atoms with van der Waals surface area (Å²) in [6, 6.07) is 8.82. The highest BCUT2D eigenvalue weighted by molar-refractivity contribution is 5.38. The summed E-state index contributed by atoms with van der Waals surface area (Å²) in [5.74, 6) is 1.29. The number of hydrogen-bond acceptors (Lipinski definition) is 1. The minimum Gasteiger partial charge on any atom is -0.324 e. The Bertz CT molecular complexity index is 575. The average Bonchev–Trinajstić information content (AvgIpc) is 3.22. The number of nitrogens with two attached hydrogens (primary N) is 1. The molecule has 0 amide bonds. The minimum atomic E-state index is 0.0584. The van der Waals surface area contributed by atoms with Gasteiger partial charge >= 0.3 is 0 Å². The van der Waals surface area contributed by atoms with Crippen LogP contribution >= 0.6 is 0 Å². The average molecular weight is 281 g/mol. The smallest absolute Gasteiger partial charge is 0.0301 e. The second kappa shape index (κ2) is 5.46. The first kappa shape index (κ1) is 14.6. The van der Waals surface area contributed by atoms with Gasteiger partial charge in [0.15, 0.2) is 0 Å². The molecule has 1 aromatic carbocycles. The predicted octanol–water partition coefficient (Wildman–Crippen LogP) is 4.51. The first-order valence-corrected chi connectivity index (χ1v) is 8.19. The van der Waals surface area contributed by atoms with E-state index in [0.29, 0.717) is 5.92 Å². The SMILES string of the molecule is Cc1ccccc1C(C)(C)C1C=CC(CC2CC2)=CC1N. The number of benzene rings is 1. The second-order valence-corrected chi connectivity index (χ2v) is 7.39. The lowest BCUT2D eigenvalue weighted by molar-refractivity contribution is 0.348. The van der Waals surface area contributed by atoms with Crippen LogP contribution in [0.25, 0.3) is 0 Å². The molecule has 2 unspecified atom stereocenters. The lowest BCUT2D eigenvalue weighted by atomic mass is 9.67. The number of rotatable bonds is 4. The predicted molar refractivity (Wildman–Crippen MR) is 90.2 cm³/mol. The van der Waals surface area contributed by atoms with Crippen LogP contribution in [0.4, 0.5) is 0 Å². The molecule has 2 N–H and O–H groups in total. The molecule has 0 heterocycles. The monoisotopic (exact) mass is 281 g/mol. The molecule has 2 aliphatic carbocycles. The zero-order chi connectivity index (χ0) is 15.0. The van der Waals surface area contributed by atoms with Crippen molar-refractivity contribution in [3.63, 3.8) is 0 Å². The van der Waals surface area contributed by atoms with E-state index in [1.54, 1.807) is 0 Å². The summed E-state index contributed by atoms with van der Waals surface area (Å²) in [5.41, 5.74) is 10.8. The topological polar surface area (TPSA) is 26.0 Å². The molecular formula is C20H27N. The normalized spacial score (nSPS) is 25.8. The third-order valence-corrected chi connectivity index (χ3v) is 5.23. The van der Waals surface area contributed by atoms with Crippen LogP contribution < -0.4 is 5.73 Å². The summed E-state index contributed by atoms with van der Waals surface area (Å²) in [5, 5.41) is 0. The van der Waals surface area contributed by atoms with Crippen LogP contribution in [0.3, 0.4) is 0 Å².